The highest BCUT2D eigenvalue weighted by atomic mass is 16.2. The smallest absolute Gasteiger partial charge is 0.348 e. The third-order valence-corrected chi connectivity index (χ3v) is 4.13. The van der Waals surface area contributed by atoms with Crippen molar-refractivity contribution in [1.29, 1.82) is 0 Å². The number of aromatic nitrogens is 6. The molecule has 3 heterocycles. The summed E-state index contributed by atoms with van der Waals surface area (Å²) in [5.74, 6) is 1.04. The number of amides is 1. The second-order valence-corrected chi connectivity index (χ2v) is 6.37. The number of pyridine rings is 1. The Morgan fingerprint density at radius 2 is 2.07 bits per heavy atom. The fraction of sp³-hybridized carbons (Fsp3) is 0.167. The molecule has 9 heteroatoms. The molecule has 0 radical (unpaired) electrons. The summed E-state index contributed by atoms with van der Waals surface area (Å²) in [6, 6.07) is 10.4. The number of nitrogen functional groups attached to an aromatic ring is 1. The highest BCUT2D eigenvalue weighted by Gasteiger charge is 2.14. The predicted octanol–water partition coefficient (Wildman–Crippen LogP) is 2.93. The number of carbonyl (C=O) groups is 1. The first-order valence-corrected chi connectivity index (χ1v) is 8.44. The van der Waals surface area contributed by atoms with E-state index < -0.39 is 6.03 Å². The molecule has 0 saturated carbocycles. The first-order valence-electron chi connectivity index (χ1n) is 8.44. The van der Waals surface area contributed by atoms with E-state index in [4.69, 9.17) is 5.73 Å². The Morgan fingerprint density at radius 1 is 1.22 bits per heavy atom. The minimum Gasteiger partial charge on any atom is -0.399 e. The van der Waals surface area contributed by atoms with E-state index in [9.17, 15) is 4.79 Å². The normalized spacial score (nSPS) is 11.2. The molecule has 0 fully saturated rings. The van der Waals surface area contributed by atoms with Gasteiger partial charge in [-0.3, -0.25) is 5.32 Å². The fourth-order valence-electron chi connectivity index (χ4n) is 2.81. The number of hydrogen-bond acceptors (Lipinski definition) is 6. The zero-order valence-corrected chi connectivity index (χ0v) is 14.9. The van der Waals surface area contributed by atoms with Crippen LogP contribution in [0.15, 0.2) is 48.9 Å². The second-order valence-electron chi connectivity index (χ2n) is 6.37. The Kier molecular flexibility index (Phi) is 4.03. The van der Waals surface area contributed by atoms with Crippen LogP contribution < -0.4 is 11.1 Å². The summed E-state index contributed by atoms with van der Waals surface area (Å²) in [7, 11) is 0. The molecule has 9 nitrogen and oxygen atoms in total. The van der Waals surface area contributed by atoms with Gasteiger partial charge in [0.25, 0.3) is 0 Å². The molecule has 0 bridgehead atoms. The molecule has 0 aliphatic rings. The van der Waals surface area contributed by atoms with Gasteiger partial charge in [0, 0.05) is 17.1 Å². The second kappa shape index (κ2) is 6.52. The molecule has 3 N–H and O–H groups in total. The minimum absolute atomic E-state index is 0.193. The van der Waals surface area contributed by atoms with E-state index in [2.05, 4.69) is 25.6 Å². The Balaban J connectivity index is 1.63. The molecule has 3 aromatic heterocycles. The van der Waals surface area contributed by atoms with Crippen molar-refractivity contribution >= 4 is 28.4 Å². The van der Waals surface area contributed by atoms with Gasteiger partial charge in [-0.2, -0.15) is 9.78 Å². The van der Waals surface area contributed by atoms with Crippen LogP contribution in [0.3, 0.4) is 0 Å². The molecule has 136 valence electrons. The predicted molar refractivity (Wildman–Crippen MR) is 102 cm³/mol. The number of carbonyl (C=O) groups excluding carboxylic acids is 1. The molecular weight excluding hydrogens is 344 g/mol. The van der Waals surface area contributed by atoms with E-state index in [0.717, 1.165) is 5.39 Å². The lowest BCUT2D eigenvalue weighted by atomic mass is 10.2. The number of hydrogen-bond donors (Lipinski definition) is 2. The lowest BCUT2D eigenvalue weighted by molar-refractivity contribution is 0.251. The summed E-state index contributed by atoms with van der Waals surface area (Å²) in [6.45, 7) is 4.07. The van der Waals surface area contributed by atoms with Gasteiger partial charge in [0.1, 0.15) is 17.8 Å². The zero-order valence-electron chi connectivity index (χ0n) is 14.9. The van der Waals surface area contributed by atoms with Crippen LogP contribution in [-0.4, -0.2) is 35.6 Å². The van der Waals surface area contributed by atoms with E-state index in [0.29, 0.717) is 28.5 Å². The van der Waals surface area contributed by atoms with Crippen LogP contribution >= 0.6 is 0 Å². The topological polar surface area (TPSA) is 117 Å². The van der Waals surface area contributed by atoms with Crippen molar-refractivity contribution in [2.75, 3.05) is 11.1 Å². The van der Waals surface area contributed by atoms with Gasteiger partial charge >= 0.3 is 6.03 Å². The quantitative estimate of drug-likeness (QED) is 0.541. The van der Waals surface area contributed by atoms with Crippen LogP contribution in [0, 0.1) is 0 Å². The number of nitrogens with one attached hydrogen (secondary N) is 1. The van der Waals surface area contributed by atoms with E-state index >= 15 is 0 Å². The van der Waals surface area contributed by atoms with E-state index in [1.807, 2.05) is 24.5 Å². The van der Waals surface area contributed by atoms with Gasteiger partial charge in [-0.1, -0.05) is 6.07 Å². The third kappa shape index (κ3) is 3.10. The standard InChI is InChI=1S/C18H18N8O/c1-11(2)25-10-20-24-17(25)14-4-3-5-16(22-14)23-18(27)26-15-7-6-13(19)8-12(15)9-21-26/h3-11H,19H2,1-2H3,(H,22,23,27). The van der Waals surface area contributed by atoms with Crippen molar-refractivity contribution in [2.24, 2.45) is 0 Å². The Bertz CT molecular complexity index is 1130. The maximum Gasteiger partial charge on any atom is 0.348 e. The van der Waals surface area contributed by atoms with Gasteiger partial charge in [-0.05, 0) is 44.2 Å². The Hall–Kier alpha value is -3.75. The molecular formula is C18H18N8O. The van der Waals surface area contributed by atoms with Crippen LogP contribution in [0.4, 0.5) is 16.3 Å². The molecule has 0 unspecified atom stereocenters. The zero-order chi connectivity index (χ0) is 19.0. The van der Waals surface area contributed by atoms with Crippen molar-refractivity contribution in [2.45, 2.75) is 19.9 Å². The van der Waals surface area contributed by atoms with Crippen molar-refractivity contribution in [3.05, 3.63) is 48.9 Å². The number of nitrogens with two attached hydrogens (primary N) is 1. The van der Waals surface area contributed by atoms with Crippen molar-refractivity contribution in [3.8, 4) is 11.5 Å². The third-order valence-electron chi connectivity index (χ3n) is 4.13. The van der Waals surface area contributed by atoms with Crippen molar-refractivity contribution in [1.82, 2.24) is 29.5 Å². The molecule has 0 atom stereocenters. The first-order chi connectivity index (χ1) is 13.0. The van der Waals surface area contributed by atoms with Crippen LogP contribution in [0.2, 0.25) is 0 Å². The van der Waals surface area contributed by atoms with E-state index in [-0.39, 0.29) is 6.04 Å². The molecule has 1 aromatic carbocycles. The summed E-state index contributed by atoms with van der Waals surface area (Å²) in [4.78, 5) is 17.1. The minimum atomic E-state index is -0.412. The number of rotatable bonds is 3. The molecule has 0 saturated heterocycles. The van der Waals surface area contributed by atoms with Gasteiger partial charge in [-0.25, -0.2) is 9.78 Å². The summed E-state index contributed by atoms with van der Waals surface area (Å²) in [5, 5.41) is 15.8. The maximum absolute atomic E-state index is 12.6. The van der Waals surface area contributed by atoms with Crippen LogP contribution in [0.25, 0.3) is 22.4 Å². The van der Waals surface area contributed by atoms with Gasteiger partial charge in [0.05, 0.1) is 11.7 Å². The number of fused-ring (bicyclic) bond motifs is 1. The maximum atomic E-state index is 12.6. The molecule has 4 rings (SSSR count). The van der Waals surface area contributed by atoms with Gasteiger partial charge in [0.15, 0.2) is 5.82 Å². The summed E-state index contributed by atoms with van der Waals surface area (Å²) in [5.41, 5.74) is 7.67. The average Bonchev–Trinajstić information content (AvgIpc) is 3.28. The summed E-state index contributed by atoms with van der Waals surface area (Å²) < 4.78 is 3.19. The van der Waals surface area contributed by atoms with Crippen LogP contribution in [-0.2, 0) is 0 Å². The molecule has 4 aromatic rings. The Morgan fingerprint density at radius 3 is 2.89 bits per heavy atom. The van der Waals surface area contributed by atoms with E-state index in [1.54, 1.807) is 42.9 Å². The van der Waals surface area contributed by atoms with Crippen LogP contribution in [0.5, 0.6) is 0 Å². The largest absolute Gasteiger partial charge is 0.399 e. The Labute approximate surface area is 154 Å². The lowest BCUT2D eigenvalue weighted by Crippen LogP contribution is -2.21. The monoisotopic (exact) mass is 362 g/mol. The van der Waals surface area contributed by atoms with E-state index in [1.165, 1.54) is 4.68 Å². The number of anilines is 2. The average molecular weight is 362 g/mol. The highest BCUT2D eigenvalue weighted by Crippen LogP contribution is 2.20. The fourth-order valence-corrected chi connectivity index (χ4v) is 2.81. The highest BCUT2D eigenvalue weighted by molar-refractivity contribution is 5.97. The van der Waals surface area contributed by atoms with Crippen LogP contribution in [0.1, 0.15) is 19.9 Å². The lowest BCUT2D eigenvalue weighted by Gasteiger charge is -2.10. The van der Waals surface area contributed by atoms with Gasteiger partial charge < -0.3 is 10.3 Å². The molecule has 0 aliphatic carbocycles. The molecule has 0 spiro atoms. The van der Waals surface area contributed by atoms with Crippen molar-refractivity contribution in [3.63, 3.8) is 0 Å². The summed E-state index contributed by atoms with van der Waals surface area (Å²) in [6.07, 6.45) is 3.26. The molecule has 1 amide bonds. The number of nitrogens with zero attached hydrogens (tertiary/aromatic N) is 6. The first kappa shape index (κ1) is 16.7. The molecule has 27 heavy (non-hydrogen) atoms. The summed E-state index contributed by atoms with van der Waals surface area (Å²) >= 11 is 0. The number of benzene rings is 1. The molecule has 0 aliphatic heterocycles. The van der Waals surface area contributed by atoms with Gasteiger partial charge in [-0.15, -0.1) is 10.2 Å². The SMILES string of the molecule is CC(C)n1cnnc1-c1cccc(NC(=O)n2ncc3cc(N)ccc32)n1. The van der Waals surface area contributed by atoms with Crippen molar-refractivity contribution < 1.29 is 4.79 Å². The van der Waals surface area contributed by atoms with Gasteiger partial charge in [0.2, 0.25) is 0 Å².